The number of hydrogen-bond donors (Lipinski definition) is 0. The van der Waals surface area contributed by atoms with Gasteiger partial charge in [-0.1, -0.05) is 0 Å². The molecule has 0 spiro atoms. The van der Waals surface area contributed by atoms with Crippen molar-refractivity contribution in [1.82, 2.24) is 4.57 Å². The topological polar surface area (TPSA) is 41.9 Å². The van der Waals surface area contributed by atoms with Crippen molar-refractivity contribution in [2.24, 2.45) is 7.05 Å². The van der Waals surface area contributed by atoms with E-state index in [0.717, 1.165) is 24.4 Å². The third-order valence-corrected chi connectivity index (χ3v) is 3.72. The van der Waals surface area contributed by atoms with Crippen LogP contribution >= 0.6 is 0 Å². The summed E-state index contributed by atoms with van der Waals surface area (Å²) < 4.78 is 7.90. The maximum atomic E-state index is 8.73. The van der Waals surface area contributed by atoms with Crippen LogP contribution in [0.4, 0.5) is 0 Å². The summed E-state index contributed by atoms with van der Waals surface area (Å²) in [5.74, 6) is 1.91. The van der Waals surface area contributed by atoms with Crippen LogP contribution in [0.3, 0.4) is 0 Å². The summed E-state index contributed by atoms with van der Waals surface area (Å²) >= 11 is 0. The Balaban J connectivity index is 2.35. The molecule has 3 nitrogen and oxygen atoms in total. The number of furan rings is 1. The van der Waals surface area contributed by atoms with Gasteiger partial charge in [-0.15, -0.1) is 0 Å². The number of nitriles is 1. The van der Waals surface area contributed by atoms with E-state index >= 15 is 0 Å². The Morgan fingerprint density at radius 2 is 2.16 bits per heavy atom. The van der Waals surface area contributed by atoms with Crippen LogP contribution < -0.4 is 0 Å². The lowest BCUT2D eigenvalue weighted by atomic mass is 9.77. The minimum Gasteiger partial charge on any atom is -0.465 e. The first kappa shape index (κ1) is 13.5. The predicted molar refractivity (Wildman–Crippen MR) is 74.8 cm³/mol. The molecule has 0 aliphatic rings. The summed E-state index contributed by atoms with van der Waals surface area (Å²) in [6, 6.07) is 8.40. The van der Waals surface area contributed by atoms with Gasteiger partial charge in [-0.2, -0.15) is 5.26 Å². The van der Waals surface area contributed by atoms with Gasteiger partial charge in [0.05, 0.1) is 11.5 Å². The van der Waals surface area contributed by atoms with Gasteiger partial charge in [-0.3, -0.25) is 0 Å². The molecule has 2 aromatic heterocycles. The van der Waals surface area contributed by atoms with E-state index in [2.05, 4.69) is 31.3 Å². The lowest BCUT2D eigenvalue weighted by molar-refractivity contribution is 0.371. The molecule has 19 heavy (non-hydrogen) atoms. The smallest absolute Gasteiger partial charge is 0.114 e. The predicted octanol–water partition coefficient (Wildman–Crippen LogP) is 3.93. The molecule has 0 aliphatic heterocycles. The molecular weight excluding hydrogens is 236 g/mol. The molecule has 2 rings (SSSR count). The highest BCUT2D eigenvalue weighted by Crippen LogP contribution is 2.37. The van der Waals surface area contributed by atoms with Crippen molar-refractivity contribution in [1.29, 1.82) is 5.26 Å². The van der Waals surface area contributed by atoms with Gasteiger partial charge in [0.25, 0.3) is 0 Å². The Labute approximate surface area is 114 Å². The van der Waals surface area contributed by atoms with E-state index in [-0.39, 0.29) is 5.41 Å². The van der Waals surface area contributed by atoms with E-state index in [9.17, 15) is 0 Å². The van der Waals surface area contributed by atoms with E-state index in [1.54, 1.807) is 0 Å². The molecule has 2 aromatic rings. The van der Waals surface area contributed by atoms with E-state index in [0.29, 0.717) is 6.42 Å². The standard InChI is InChI=1S/C16H20N2O/c1-13-6-7-15(19-13)16(2,9-4-5-10-17)14-8-11-18(3)12-14/h6-8,11-12H,4-5,9H2,1-3H3. The van der Waals surface area contributed by atoms with Crippen molar-refractivity contribution in [2.45, 2.75) is 38.5 Å². The highest BCUT2D eigenvalue weighted by atomic mass is 16.3. The molecule has 0 radical (unpaired) electrons. The molecule has 0 aliphatic carbocycles. The fraction of sp³-hybridized carbons (Fsp3) is 0.438. The van der Waals surface area contributed by atoms with Crippen LogP contribution in [0.2, 0.25) is 0 Å². The van der Waals surface area contributed by atoms with Crippen LogP contribution in [0, 0.1) is 18.3 Å². The average Bonchev–Trinajstić information content (AvgIpc) is 2.98. The maximum absolute atomic E-state index is 8.73. The summed E-state index contributed by atoms with van der Waals surface area (Å²) in [6.45, 7) is 4.15. The lowest BCUT2D eigenvalue weighted by Crippen LogP contribution is -2.22. The number of rotatable bonds is 5. The lowest BCUT2D eigenvalue weighted by Gasteiger charge is -2.26. The molecule has 2 heterocycles. The molecule has 0 saturated carbocycles. The normalized spacial score (nSPS) is 14.0. The van der Waals surface area contributed by atoms with Gasteiger partial charge < -0.3 is 8.98 Å². The first-order valence-electron chi connectivity index (χ1n) is 6.62. The van der Waals surface area contributed by atoms with E-state index < -0.39 is 0 Å². The molecule has 0 bridgehead atoms. The van der Waals surface area contributed by atoms with E-state index in [1.165, 1.54) is 5.56 Å². The second kappa shape index (κ2) is 5.36. The van der Waals surface area contributed by atoms with Crippen LogP contribution in [-0.2, 0) is 12.5 Å². The minimum absolute atomic E-state index is 0.160. The third-order valence-electron chi connectivity index (χ3n) is 3.72. The number of aryl methyl sites for hydroxylation is 2. The van der Waals surface area contributed by atoms with E-state index in [4.69, 9.17) is 9.68 Å². The van der Waals surface area contributed by atoms with Crippen LogP contribution in [0.15, 0.2) is 35.0 Å². The summed E-state index contributed by atoms with van der Waals surface area (Å²) in [7, 11) is 2.02. The SMILES string of the molecule is Cc1ccc(C(C)(CCCC#N)c2ccn(C)c2)o1. The average molecular weight is 256 g/mol. The molecule has 0 saturated heterocycles. The Morgan fingerprint density at radius 3 is 2.68 bits per heavy atom. The maximum Gasteiger partial charge on any atom is 0.114 e. The molecule has 1 atom stereocenters. The summed E-state index contributed by atoms with van der Waals surface area (Å²) in [5.41, 5.74) is 1.08. The van der Waals surface area contributed by atoms with Gasteiger partial charge in [0.1, 0.15) is 11.5 Å². The molecular formula is C16H20N2O. The van der Waals surface area contributed by atoms with Crippen molar-refractivity contribution in [2.75, 3.05) is 0 Å². The largest absolute Gasteiger partial charge is 0.465 e. The summed E-state index contributed by atoms with van der Waals surface area (Å²) in [4.78, 5) is 0. The molecule has 0 fully saturated rings. The number of aromatic nitrogens is 1. The van der Waals surface area contributed by atoms with Gasteiger partial charge in [-0.25, -0.2) is 0 Å². The van der Waals surface area contributed by atoms with Crippen molar-refractivity contribution in [3.63, 3.8) is 0 Å². The Bertz CT molecular complexity index is 546. The van der Waals surface area contributed by atoms with Crippen LogP contribution in [0.1, 0.15) is 43.3 Å². The second-order valence-electron chi connectivity index (χ2n) is 5.32. The fourth-order valence-corrected chi connectivity index (χ4v) is 2.49. The third kappa shape index (κ3) is 2.73. The van der Waals surface area contributed by atoms with Crippen molar-refractivity contribution in [3.05, 3.63) is 47.7 Å². The first-order valence-corrected chi connectivity index (χ1v) is 6.62. The molecule has 0 amide bonds. The minimum atomic E-state index is -0.160. The Morgan fingerprint density at radius 1 is 1.37 bits per heavy atom. The molecule has 0 aromatic carbocycles. The Kier molecular flexibility index (Phi) is 3.80. The van der Waals surface area contributed by atoms with Crippen LogP contribution in [0.5, 0.6) is 0 Å². The van der Waals surface area contributed by atoms with Gasteiger partial charge in [0.2, 0.25) is 0 Å². The number of nitrogens with zero attached hydrogens (tertiary/aromatic N) is 2. The van der Waals surface area contributed by atoms with Crippen molar-refractivity contribution < 1.29 is 4.42 Å². The van der Waals surface area contributed by atoms with Crippen molar-refractivity contribution >= 4 is 0 Å². The molecule has 0 N–H and O–H groups in total. The monoisotopic (exact) mass is 256 g/mol. The molecule has 100 valence electrons. The zero-order valence-electron chi connectivity index (χ0n) is 11.8. The quantitative estimate of drug-likeness (QED) is 0.761. The number of hydrogen-bond acceptors (Lipinski definition) is 2. The zero-order valence-corrected chi connectivity index (χ0v) is 11.8. The number of unbranched alkanes of at least 4 members (excludes halogenated alkanes) is 1. The second-order valence-corrected chi connectivity index (χ2v) is 5.32. The molecule has 3 heteroatoms. The zero-order chi connectivity index (χ0) is 13.9. The highest BCUT2D eigenvalue weighted by molar-refractivity contribution is 5.33. The fourth-order valence-electron chi connectivity index (χ4n) is 2.49. The van der Waals surface area contributed by atoms with Crippen molar-refractivity contribution in [3.8, 4) is 6.07 Å². The van der Waals surface area contributed by atoms with E-state index in [1.807, 2.05) is 30.8 Å². The van der Waals surface area contributed by atoms with Crippen LogP contribution in [-0.4, -0.2) is 4.57 Å². The van der Waals surface area contributed by atoms with Gasteiger partial charge in [-0.05, 0) is 50.5 Å². The van der Waals surface area contributed by atoms with Gasteiger partial charge in [0.15, 0.2) is 0 Å². The van der Waals surface area contributed by atoms with Gasteiger partial charge in [0, 0.05) is 25.9 Å². The molecule has 1 unspecified atom stereocenters. The highest BCUT2D eigenvalue weighted by Gasteiger charge is 2.32. The Hall–Kier alpha value is -1.95. The van der Waals surface area contributed by atoms with Crippen LogP contribution in [0.25, 0.3) is 0 Å². The summed E-state index contributed by atoms with van der Waals surface area (Å²) in [5, 5.41) is 8.73. The first-order chi connectivity index (χ1) is 9.06. The van der Waals surface area contributed by atoms with Gasteiger partial charge >= 0.3 is 0 Å². The summed E-state index contributed by atoms with van der Waals surface area (Å²) in [6.07, 6.45) is 6.55.